The number of nitrogens with zero attached hydrogens (tertiary/aromatic N) is 1. The predicted molar refractivity (Wildman–Crippen MR) is 74.8 cm³/mol. The second-order valence-electron chi connectivity index (χ2n) is 3.58. The Labute approximate surface area is 114 Å². The fourth-order valence-electron chi connectivity index (χ4n) is 1.57. The van der Waals surface area contributed by atoms with Crippen LogP contribution >= 0.6 is 34.5 Å². The van der Waals surface area contributed by atoms with Crippen LogP contribution in [-0.2, 0) is 13.0 Å². The highest BCUT2D eigenvalue weighted by Gasteiger charge is 2.11. The zero-order valence-electron chi connectivity index (χ0n) is 9.34. The van der Waals surface area contributed by atoms with Gasteiger partial charge in [-0.2, -0.15) is 0 Å². The Morgan fingerprint density at radius 1 is 1.29 bits per heavy atom. The van der Waals surface area contributed by atoms with Crippen molar-refractivity contribution in [2.24, 2.45) is 5.73 Å². The lowest BCUT2D eigenvalue weighted by molar-refractivity contribution is 0.989. The Hall–Kier alpha value is -0.610. The molecule has 1 aromatic heterocycles. The molecule has 0 atom stereocenters. The molecule has 0 radical (unpaired) electrons. The van der Waals surface area contributed by atoms with Crippen molar-refractivity contribution in [2.45, 2.75) is 19.9 Å². The monoisotopic (exact) mass is 286 g/mol. The number of nitrogens with two attached hydrogens (primary N) is 1. The Kier molecular flexibility index (Phi) is 4.05. The minimum absolute atomic E-state index is 0.530. The summed E-state index contributed by atoms with van der Waals surface area (Å²) in [6, 6.07) is 5.55. The fraction of sp³-hybridized carbons (Fsp3) is 0.250. The molecule has 17 heavy (non-hydrogen) atoms. The molecule has 2 N–H and O–H groups in total. The molecule has 0 saturated carbocycles. The minimum atomic E-state index is 0.530. The van der Waals surface area contributed by atoms with Crippen molar-refractivity contribution in [1.82, 2.24) is 4.98 Å². The molecule has 5 heteroatoms. The number of thiazole rings is 1. The highest BCUT2D eigenvalue weighted by Crippen LogP contribution is 2.32. The summed E-state index contributed by atoms with van der Waals surface area (Å²) < 4.78 is 0. The number of hydrogen-bond donors (Lipinski definition) is 1. The maximum atomic E-state index is 6.00. The van der Waals surface area contributed by atoms with E-state index in [0.717, 1.165) is 27.6 Å². The smallest absolute Gasteiger partial charge is 0.123 e. The SMILES string of the molecule is CCc1nc(-c2ccc(Cl)c(Cl)c2)sc1CN. The fourth-order valence-corrected chi connectivity index (χ4v) is 2.89. The summed E-state index contributed by atoms with van der Waals surface area (Å²) in [5.41, 5.74) is 7.75. The number of rotatable bonds is 3. The van der Waals surface area contributed by atoms with Crippen molar-refractivity contribution >= 4 is 34.5 Å². The van der Waals surface area contributed by atoms with Gasteiger partial charge in [-0.15, -0.1) is 11.3 Å². The number of aromatic nitrogens is 1. The molecule has 0 amide bonds. The van der Waals surface area contributed by atoms with Gasteiger partial charge in [0.25, 0.3) is 0 Å². The van der Waals surface area contributed by atoms with Gasteiger partial charge in [0.05, 0.1) is 15.7 Å². The first-order valence-electron chi connectivity index (χ1n) is 5.29. The van der Waals surface area contributed by atoms with Gasteiger partial charge in [0, 0.05) is 17.0 Å². The van der Waals surface area contributed by atoms with Crippen LogP contribution in [0.3, 0.4) is 0 Å². The first-order valence-corrected chi connectivity index (χ1v) is 6.87. The van der Waals surface area contributed by atoms with Crippen molar-refractivity contribution in [3.05, 3.63) is 38.8 Å². The zero-order valence-corrected chi connectivity index (χ0v) is 11.7. The summed E-state index contributed by atoms with van der Waals surface area (Å²) in [5, 5.41) is 2.05. The van der Waals surface area contributed by atoms with Gasteiger partial charge in [-0.3, -0.25) is 0 Å². The molecule has 90 valence electrons. The molecule has 2 nitrogen and oxygen atoms in total. The van der Waals surface area contributed by atoms with Crippen LogP contribution in [0, 0.1) is 0 Å². The number of benzene rings is 1. The lowest BCUT2D eigenvalue weighted by Crippen LogP contribution is -1.96. The molecule has 1 aromatic carbocycles. The van der Waals surface area contributed by atoms with Gasteiger partial charge in [-0.05, 0) is 18.6 Å². The van der Waals surface area contributed by atoms with Crippen LogP contribution in [0.25, 0.3) is 10.6 Å². The normalized spacial score (nSPS) is 10.8. The molecule has 0 saturated heterocycles. The molecular weight excluding hydrogens is 275 g/mol. The van der Waals surface area contributed by atoms with Crippen molar-refractivity contribution in [2.75, 3.05) is 0 Å². The van der Waals surface area contributed by atoms with E-state index in [1.165, 1.54) is 0 Å². The molecular formula is C12H12Cl2N2S. The summed E-state index contributed by atoms with van der Waals surface area (Å²) in [6.07, 6.45) is 0.893. The molecule has 0 aliphatic heterocycles. The molecule has 0 aliphatic carbocycles. The van der Waals surface area contributed by atoms with E-state index in [2.05, 4.69) is 11.9 Å². The predicted octanol–water partition coefficient (Wildman–Crippen LogP) is 4.14. The molecule has 0 spiro atoms. The summed E-state index contributed by atoms with van der Waals surface area (Å²) in [4.78, 5) is 5.71. The van der Waals surface area contributed by atoms with Crippen LogP contribution in [0.5, 0.6) is 0 Å². The van der Waals surface area contributed by atoms with Crippen molar-refractivity contribution in [3.8, 4) is 10.6 Å². The maximum absolute atomic E-state index is 6.00. The molecule has 0 unspecified atom stereocenters. The van der Waals surface area contributed by atoms with Crippen LogP contribution in [0.1, 0.15) is 17.5 Å². The Morgan fingerprint density at radius 3 is 2.59 bits per heavy atom. The lowest BCUT2D eigenvalue weighted by Gasteiger charge is -1.98. The summed E-state index contributed by atoms with van der Waals surface area (Å²) in [7, 11) is 0. The summed E-state index contributed by atoms with van der Waals surface area (Å²) >= 11 is 13.5. The highest BCUT2D eigenvalue weighted by atomic mass is 35.5. The van der Waals surface area contributed by atoms with Crippen LogP contribution in [0.4, 0.5) is 0 Å². The van der Waals surface area contributed by atoms with Gasteiger partial charge < -0.3 is 5.73 Å². The second-order valence-corrected chi connectivity index (χ2v) is 5.47. The minimum Gasteiger partial charge on any atom is -0.326 e. The average molecular weight is 287 g/mol. The van der Waals surface area contributed by atoms with E-state index in [-0.39, 0.29) is 0 Å². The topological polar surface area (TPSA) is 38.9 Å². The standard InChI is InChI=1S/C12H12Cl2N2S/c1-2-10-11(6-15)17-12(16-10)7-3-4-8(13)9(14)5-7/h3-5H,2,6,15H2,1H3. The van der Waals surface area contributed by atoms with Gasteiger partial charge in [-0.1, -0.05) is 36.2 Å². The lowest BCUT2D eigenvalue weighted by atomic mass is 10.2. The van der Waals surface area contributed by atoms with Crippen LogP contribution in [0.15, 0.2) is 18.2 Å². The third-order valence-electron chi connectivity index (χ3n) is 2.47. The van der Waals surface area contributed by atoms with E-state index in [9.17, 15) is 0 Å². The van der Waals surface area contributed by atoms with Crippen LogP contribution in [-0.4, -0.2) is 4.98 Å². The first-order chi connectivity index (χ1) is 8.15. The molecule has 2 aromatic rings. The van der Waals surface area contributed by atoms with E-state index in [0.29, 0.717) is 16.6 Å². The molecule has 1 heterocycles. The second kappa shape index (κ2) is 5.36. The van der Waals surface area contributed by atoms with Gasteiger partial charge in [0.2, 0.25) is 0 Å². The van der Waals surface area contributed by atoms with Crippen molar-refractivity contribution in [3.63, 3.8) is 0 Å². The van der Waals surface area contributed by atoms with E-state index in [1.54, 1.807) is 17.4 Å². The number of hydrogen-bond acceptors (Lipinski definition) is 3. The first kappa shape index (κ1) is 12.8. The van der Waals surface area contributed by atoms with Gasteiger partial charge in [0.15, 0.2) is 0 Å². The average Bonchev–Trinajstić information content (AvgIpc) is 2.75. The molecule has 0 aliphatic rings. The van der Waals surface area contributed by atoms with E-state index in [1.807, 2.05) is 12.1 Å². The number of halogens is 2. The van der Waals surface area contributed by atoms with Gasteiger partial charge >= 0.3 is 0 Å². The third kappa shape index (κ3) is 2.63. The molecule has 0 fully saturated rings. The summed E-state index contributed by atoms with van der Waals surface area (Å²) in [5.74, 6) is 0. The third-order valence-corrected chi connectivity index (χ3v) is 4.37. The van der Waals surface area contributed by atoms with Crippen molar-refractivity contribution < 1.29 is 0 Å². The van der Waals surface area contributed by atoms with E-state index < -0.39 is 0 Å². The summed E-state index contributed by atoms with van der Waals surface area (Å²) in [6.45, 7) is 2.61. The van der Waals surface area contributed by atoms with Gasteiger partial charge in [-0.25, -0.2) is 4.98 Å². The maximum Gasteiger partial charge on any atom is 0.123 e. The number of aryl methyl sites for hydroxylation is 1. The Morgan fingerprint density at radius 2 is 2.06 bits per heavy atom. The van der Waals surface area contributed by atoms with Crippen LogP contribution in [0.2, 0.25) is 10.0 Å². The Bertz CT molecular complexity index is 516. The largest absolute Gasteiger partial charge is 0.326 e. The molecule has 0 bridgehead atoms. The Balaban J connectivity index is 2.45. The quantitative estimate of drug-likeness (QED) is 0.921. The zero-order chi connectivity index (χ0) is 12.4. The van der Waals surface area contributed by atoms with E-state index >= 15 is 0 Å². The van der Waals surface area contributed by atoms with E-state index in [4.69, 9.17) is 28.9 Å². The van der Waals surface area contributed by atoms with Crippen molar-refractivity contribution in [1.29, 1.82) is 0 Å². The molecule has 2 rings (SSSR count). The van der Waals surface area contributed by atoms with Crippen LogP contribution < -0.4 is 5.73 Å². The van der Waals surface area contributed by atoms with Gasteiger partial charge in [0.1, 0.15) is 5.01 Å². The highest BCUT2D eigenvalue weighted by molar-refractivity contribution is 7.15.